The van der Waals surface area contributed by atoms with Crippen molar-refractivity contribution in [1.29, 1.82) is 0 Å². The molecule has 0 aliphatic carbocycles. The zero-order chi connectivity index (χ0) is 24.3. The number of unbranched alkanes of at least 4 members (excludes halogenated alkanes) is 1. The average Bonchev–Trinajstić information content (AvgIpc) is 3.13. The molecular formula is C23H29ClN6O3. The molecule has 0 saturated carbocycles. The van der Waals surface area contributed by atoms with E-state index in [1.165, 1.54) is 15.7 Å². The van der Waals surface area contributed by atoms with Crippen LogP contribution in [0, 0.1) is 12.8 Å². The lowest BCUT2D eigenvalue weighted by Gasteiger charge is -2.26. The SMILES string of the molecule is CCCCn1c(N)c(N(CC(C)C)C(=O)c2cnn(-c3cccc(Cl)c3)c2C)c(=O)[nH]c1=O. The molecule has 176 valence electrons. The third-order valence-electron chi connectivity index (χ3n) is 5.31. The van der Waals surface area contributed by atoms with Gasteiger partial charge < -0.3 is 10.6 Å². The number of H-pyrrole nitrogens is 1. The van der Waals surface area contributed by atoms with Gasteiger partial charge in [0.2, 0.25) is 0 Å². The van der Waals surface area contributed by atoms with Gasteiger partial charge in [-0.2, -0.15) is 5.10 Å². The van der Waals surface area contributed by atoms with Crippen LogP contribution >= 0.6 is 11.6 Å². The van der Waals surface area contributed by atoms with Crippen molar-refractivity contribution in [3.63, 3.8) is 0 Å². The number of nitrogens with one attached hydrogen (secondary N) is 1. The monoisotopic (exact) mass is 472 g/mol. The van der Waals surface area contributed by atoms with Gasteiger partial charge in [-0.1, -0.05) is 44.9 Å². The average molecular weight is 473 g/mol. The third kappa shape index (κ3) is 5.03. The molecule has 0 spiro atoms. The molecule has 0 atom stereocenters. The Morgan fingerprint density at radius 3 is 2.67 bits per heavy atom. The number of carbonyl (C=O) groups excluding carboxylic acids is 1. The van der Waals surface area contributed by atoms with Crippen LogP contribution < -0.4 is 21.9 Å². The largest absolute Gasteiger partial charge is 0.383 e. The number of halogens is 1. The standard InChI is InChI=1S/C23H29ClN6O3/c1-5-6-10-28-20(25)19(21(31)27-23(28)33)29(13-14(2)3)22(32)18-12-26-30(15(18)4)17-9-7-8-16(24)11-17/h7-9,11-12,14H,5-6,10,13,25H2,1-4H3,(H,27,31,33). The van der Waals surface area contributed by atoms with Gasteiger partial charge in [-0.05, 0) is 37.5 Å². The Hall–Kier alpha value is -3.33. The molecule has 0 bridgehead atoms. The van der Waals surface area contributed by atoms with Crippen molar-refractivity contribution in [2.75, 3.05) is 17.2 Å². The Morgan fingerprint density at radius 1 is 1.30 bits per heavy atom. The van der Waals surface area contributed by atoms with Crippen molar-refractivity contribution in [2.24, 2.45) is 5.92 Å². The molecule has 10 heteroatoms. The Labute approximate surface area is 196 Å². The maximum absolute atomic E-state index is 13.7. The minimum absolute atomic E-state index is 0.0221. The molecule has 3 N–H and O–H groups in total. The molecule has 0 aliphatic rings. The third-order valence-corrected chi connectivity index (χ3v) is 5.54. The quantitative estimate of drug-likeness (QED) is 0.521. The highest BCUT2D eigenvalue weighted by molar-refractivity contribution is 6.30. The second kappa shape index (κ2) is 10.1. The summed E-state index contributed by atoms with van der Waals surface area (Å²) in [6.07, 6.45) is 3.01. The minimum atomic E-state index is -0.695. The topological polar surface area (TPSA) is 119 Å². The van der Waals surface area contributed by atoms with Crippen LogP contribution in [0.25, 0.3) is 5.69 Å². The van der Waals surface area contributed by atoms with Gasteiger partial charge >= 0.3 is 5.69 Å². The number of aromatic nitrogens is 4. The van der Waals surface area contributed by atoms with E-state index in [1.54, 1.807) is 29.8 Å². The molecule has 9 nitrogen and oxygen atoms in total. The van der Waals surface area contributed by atoms with Crippen molar-refractivity contribution in [3.8, 4) is 5.69 Å². The molecule has 2 heterocycles. The highest BCUT2D eigenvalue weighted by Gasteiger charge is 2.28. The van der Waals surface area contributed by atoms with Gasteiger partial charge in [0.15, 0.2) is 5.69 Å². The number of carbonyl (C=O) groups is 1. The number of nitrogen functional groups attached to an aromatic ring is 1. The summed E-state index contributed by atoms with van der Waals surface area (Å²) in [5.74, 6) is -0.412. The number of aromatic amines is 1. The second-order valence-electron chi connectivity index (χ2n) is 8.34. The number of rotatable bonds is 8. The van der Waals surface area contributed by atoms with E-state index in [9.17, 15) is 14.4 Å². The number of amides is 1. The summed E-state index contributed by atoms with van der Waals surface area (Å²) in [4.78, 5) is 42.5. The number of nitrogens with zero attached hydrogens (tertiary/aromatic N) is 4. The molecule has 1 amide bonds. The maximum Gasteiger partial charge on any atom is 0.330 e. The fourth-order valence-corrected chi connectivity index (χ4v) is 3.83. The van der Waals surface area contributed by atoms with Crippen molar-refractivity contribution in [2.45, 2.75) is 47.1 Å². The van der Waals surface area contributed by atoms with Crippen LogP contribution in [0.3, 0.4) is 0 Å². The first-order chi connectivity index (χ1) is 15.6. The van der Waals surface area contributed by atoms with E-state index in [4.69, 9.17) is 17.3 Å². The van der Waals surface area contributed by atoms with Gasteiger partial charge in [0.25, 0.3) is 11.5 Å². The summed E-state index contributed by atoms with van der Waals surface area (Å²) in [6, 6.07) is 7.13. The van der Waals surface area contributed by atoms with E-state index in [0.717, 1.165) is 6.42 Å². The highest BCUT2D eigenvalue weighted by Crippen LogP contribution is 2.24. The predicted octanol–water partition coefficient (Wildman–Crippen LogP) is 3.37. The van der Waals surface area contributed by atoms with Crippen LogP contribution in [-0.4, -0.2) is 31.8 Å². The first kappa shape index (κ1) is 24.3. The van der Waals surface area contributed by atoms with Crippen molar-refractivity contribution in [1.82, 2.24) is 19.3 Å². The number of anilines is 2. The molecule has 0 radical (unpaired) electrons. The van der Waals surface area contributed by atoms with Gasteiger partial charge in [0.05, 0.1) is 23.1 Å². The van der Waals surface area contributed by atoms with E-state index in [2.05, 4.69) is 10.1 Å². The van der Waals surface area contributed by atoms with Gasteiger partial charge in [-0.25, -0.2) is 9.48 Å². The fraction of sp³-hybridized carbons (Fsp3) is 0.391. The van der Waals surface area contributed by atoms with Gasteiger partial charge in [0, 0.05) is 18.1 Å². The lowest BCUT2D eigenvalue weighted by Crippen LogP contribution is -2.42. The van der Waals surface area contributed by atoms with Gasteiger partial charge in [-0.15, -0.1) is 0 Å². The molecule has 3 rings (SSSR count). The summed E-state index contributed by atoms with van der Waals surface area (Å²) < 4.78 is 2.92. The van der Waals surface area contributed by atoms with E-state index in [0.29, 0.717) is 34.9 Å². The summed E-state index contributed by atoms with van der Waals surface area (Å²) in [6.45, 7) is 8.20. The zero-order valence-corrected chi connectivity index (χ0v) is 20.0. The number of nitrogens with two attached hydrogens (primary N) is 1. The van der Waals surface area contributed by atoms with Gasteiger partial charge in [-0.3, -0.25) is 19.1 Å². The normalized spacial score (nSPS) is 11.2. The lowest BCUT2D eigenvalue weighted by atomic mass is 10.1. The van der Waals surface area contributed by atoms with Crippen molar-refractivity contribution < 1.29 is 4.79 Å². The summed E-state index contributed by atoms with van der Waals surface area (Å²) >= 11 is 6.11. The Bertz CT molecular complexity index is 1270. The molecule has 0 aliphatic heterocycles. The Kier molecular flexibility index (Phi) is 7.43. The van der Waals surface area contributed by atoms with E-state index >= 15 is 0 Å². The Balaban J connectivity index is 2.11. The van der Waals surface area contributed by atoms with Crippen LogP contribution in [-0.2, 0) is 6.54 Å². The van der Waals surface area contributed by atoms with Crippen molar-refractivity contribution >= 4 is 29.0 Å². The number of hydrogen-bond acceptors (Lipinski definition) is 5. The van der Waals surface area contributed by atoms with E-state index in [-0.39, 0.29) is 24.0 Å². The molecule has 0 fully saturated rings. The summed E-state index contributed by atoms with van der Waals surface area (Å²) in [7, 11) is 0. The first-order valence-corrected chi connectivity index (χ1v) is 11.3. The summed E-state index contributed by atoms with van der Waals surface area (Å²) in [5.41, 5.74) is 6.59. The molecular weight excluding hydrogens is 444 g/mol. The highest BCUT2D eigenvalue weighted by atomic mass is 35.5. The maximum atomic E-state index is 13.7. The first-order valence-electron chi connectivity index (χ1n) is 10.9. The zero-order valence-electron chi connectivity index (χ0n) is 19.3. The molecule has 2 aromatic heterocycles. The van der Waals surface area contributed by atoms with Gasteiger partial charge in [0.1, 0.15) is 5.82 Å². The molecule has 1 aromatic carbocycles. The van der Waals surface area contributed by atoms with Crippen molar-refractivity contribution in [3.05, 3.63) is 67.6 Å². The smallest absolute Gasteiger partial charge is 0.330 e. The summed E-state index contributed by atoms with van der Waals surface area (Å²) in [5, 5.41) is 4.91. The van der Waals surface area contributed by atoms with Crippen LogP contribution in [0.2, 0.25) is 5.02 Å². The van der Waals surface area contributed by atoms with E-state index in [1.807, 2.05) is 26.8 Å². The Morgan fingerprint density at radius 2 is 2.03 bits per heavy atom. The molecule has 33 heavy (non-hydrogen) atoms. The molecule has 0 saturated heterocycles. The van der Waals surface area contributed by atoms with Crippen LogP contribution in [0.4, 0.5) is 11.5 Å². The van der Waals surface area contributed by atoms with Crippen LogP contribution in [0.1, 0.15) is 49.7 Å². The predicted molar refractivity (Wildman–Crippen MR) is 130 cm³/mol. The molecule has 0 unspecified atom stereocenters. The van der Waals surface area contributed by atoms with E-state index < -0.39 is 17.2 Å². The minimum Gasteiger partial charge on any atom is -0.383 e. The second-order valence-corrected chi connectivity index (χ2v) is 8.78. The fourth-order valence-electron chi connectivity index (χ4n) is 3.65. The lowest BCUT2D eigenvalue weighted by molar-refractivity contribution is 0.0983. The molecule has 3 aromatic rings. The number of hydrogen-bond donors (Lipinski definition) is 2. The van der Waals surface area contributed by atoms with Crippen LogP contribution in [0.5, 0.6) is 0 Å². The van der Waals surface area contributed by atoms with Crippen LogP contribution in [0.15, 0.2) is 40.1 Å². The number of benzene rings is 1.